The van der Waals surface area contributed by atoms with Crippen LogP contribution in [0.4, 0.5) is 5.82 Å². The van der Waals surface area contributed by atoms with E-state index in [0.717, 1.165) is 54.2 Å². The van der Waals surface area contributed by atoms with E-state index in [1.54, 1.807) is 11.0 Å². The molecule has 0 radical (unpaired) electrons. The number of hydrogen-bond acceptors (Lipinski definition) is 5. The zero-order chi connectivity index (χ0) is 16.5. The molecule has 24 heavy (non-hydrogen) atoms. The van der Waals surface area contributed by atoms with Crippen molar-refractivity contribution in [1.29, 1.82) is 0 Å². The number of rotatable bonds is 3. The summed E-state index contributed by atoms with van der Waals surface area (Å²) >= 11 is 3.54. The summed E-state index contributed by atoms with van der Waals surface area (Å²) in [4.78, 5) is 13.7. The highest BCUT2D eigenvalue weighted by Crippen LogP contribution is 2.30. The molecule has 0 spiro atoms. The van der Waals surface area contributed by atoms with E-state index in [-0.39, 0.29) is 0 Å². The van der Waals surface area contributed by atoms with Gasteiger partial charge in [-0.2, -0.15) is 5.10 Å². The van der Waals surface area contributed by atoms with E-state index in [0.29, 0.717) is 0 Å². The molecule has 2 aromatic heterocycles. The van der Waals surface area contributed by atoms with Gasteiger partial charge >= 0.3 is 0 Å². The fourth-order valence-electron chi connectivity index (χ4n) is 3.23. The maximum absolute atomic E-state index is 4.53. The average molecular weight is 387 g/mol. The number of halogens is 1. The third-order valence-corrected chi connectivity index (χ3v) is 5.03. The largest absolute Gasteiger partial charge is 0.353 e. The first-order valence-corrected chi connectivity index (χ1v) is 8.86. The third-order valence-electron chi connectivity index (χ3n) is 4.48. The Morgan fingerprint density at radius 1 is 1.04 bits per heavy atom. The van der Waals surface area contributed by atoms with Crippen LogP contribution in [0.15, 0.2) is 41.3 Å². The zero-order valence-corrected chi connectivity index (χ0v) is 15.1. The Bertz CT molecular complexity index is 839. The van der Waals surface area contributed by atoms with Crippen molar-refractivity contribution in [2.75, 3.05) is 31.1 Å². The van der Waals surface area contributed by atoms with Crippen LogP contribution in [0.1, 0.15) is 5.56 Å². The highest BCUT2D eigenvalue weighted by Gasteiger charge is 2.22. The Hall–Kier alpha value is -1.99. The normalized spacial score (nSPS) is 16.0. The Morgan fingerprint density at radius 2 is 1.79 bits per heavy atom. The van der Waals surface area contributed by atoms with E-state index in [9.17, 15) is 0 Å². The van der Waals surface area contributed by atoms with Gasteiger partial charge in [0.1, 0.15) is 16.7 Å². The molecule has 3 heterocycles. The first-order valence-electron chi connectivity index (χ1n) is 8.07. The summed E-state index contributed by atoms with van der Waals surface area (Å²) in [7, 11) is 1.90. The fourth-order valence-corrected chi connectivity index (χ4v) is 3.82. The number of anilines is 1. The molecule has 124 valence electrons. The molecule has 0 N–H and O–H groups in total. The molecule has 0 amide bonds. The zero-order valence-electron chi connectivity index (χ0n) is 13.6. The summed E-state index contributed by atoms with van der Waals surface area (Å²) in [6.07, 6.45) is 1.63. The minimum Gasteiger partial charge on any atom is -0.353 e. The Kier molecular flexibility index (Phi) is 4.20. The van der Waals surface area contributed by atoms with Gasteiger partial charge in [-0.1, -0.05) is 30.3 Å². The van der Waals surface area contributed by atoms with Crippen LogP contribution in [-0.2, 0) is 13.6 Å². The number of aryl methyl sites for hydroxylation is 1. The summed E-state index contributed by atoms with van der Waals surface area (Å²) in [5.74, 6) is 0.972. The molecule has 0 unspecified atom stereocenters. The van der Waals surface area contributed by atoms with Gasteiger partial charge in [-0.05, 0) is 21.5 Å². The Balaban J connectivity index is 1.50. The molecule has 7 heteroatoms. The number of nitrogens with zero attached hydrogens (tertiary/aromatic N) is 6. The van der Waals surface area contributed by atoms with E-state index in [4.69, 9.17) is 0 Å². The molecule has 1 fully saturated rings. The number of fused-ring (bicyclic) bond motifs is 1. The first-order chi connectivity index (χ1) is 11.7. The molecule has 1 aliphatic rings. The van der Waals surface area contributed by atoms with Gasteiger partial charge in [0.05, 0.1) is 5.39 Å². The van der Waals surface area contributed by atoms with Crippen molar-refractivity contribution < 1.29 is 0 Å². The van der Waals surface area contributed by atoms with Crippen LogP contribution in [0.3, 0.4) is 0 Å². The van der Waals surface area contributed by atoms with Crippen molar-refractivity contribution in [3.05, 3.63) is 46.8 Å². The van der Waals surface area contributed by atoms with Gasteiger partial charge in [0, 0.05) is 39.8 Å². The van der Waals surface area contributed by atoms with Crippen molar-refractivity contribution in [2.24, 2.45) is 7.05 Å². The second kappa shape index (κ2) is 6.49. The molecule has 0 atom stereocenters. The molecule has 0 aliphatic carbocycles. The van der Waals surface area contributed by atoms with Gasteiger partial charge in [0.25, 0.3) is 0 Å². The lowest BCUT2D eigenvalue weighted by atomic mass is 10.2. The minimum absolute atomic E-state index is 0.808. The van der Waals surface area contributed by atoms with Crippen molar-refractivity contribution in [3.63, 3.8) is 0 Å². The second-order valence-electron chi connectivity index (χ2n) is 6.06. The number of aromatic nitrogens is 4. The van der Waals surface area contributed by atoms with E-state index in [2.05, 4.69) is 71.1 Å². The van der Waals surface area contributed by atoms with Crippen molar-refractivity contribution in [1.82, 2.24) is 24.6 Å². The van der Waals surface area contributed by atoms with Gasteiger partial charge < -0.3 is 4.90 Å². The van der Waals surface area contributed by atoms with Gasteiger partial charge in [0.15, 0.2) is 5.65 Å². The van der Waals surface area contributed by atoms with Crippen LogP contribution in [0.2, 0.25) is 0 Å². The summed E-state index contributed by atoms with van der Waals surface area (Å²) in [5.41, 5.74) is 2.23. The predicted molar refractivity (Wildman–Crippen MR) is 97.9 cm³/mol. The van der Waals surface area contributed by atoms with Crippen molar-refractivity contribution in [3.8, 4) is 0 Å². The molecule has 1 saturated heterocycles. The molecule has 4 rings (SSSR count). The summed E-state index contributed by atoms with van der Waals surface area (Å²) in [6.45, 7) is 4.97. The Labute approximate surface area is 149 Å². The lowest BCUT2D eigenvalue weighted by Crippen LogP contribution is -2.46. The number of hydrogen-bond donors (Lipinski definition) is 0. The second-order valence-corrected chi connectivity index (χ2v) is 6.81. The summed E-state index contributed by atoms with van der Waals surface area (Å²) < 4.78 is 2.60. The fraction of sp³-hybridized carbons (Fsp3) is 0.353. The van der Waals surface area contributed by atoms with Crippen LogP contribution in [0.25, 0.3) is 11.0 Å². The van der Waals surface area contributed by atoms with Crippen LogP contribution in [-0.4, -0.2) is 50.8 Å². The van der Waals surface area contributed by atoms with E-state index < -0.39 is 0 Å². The number of benzene rings is 1. The minimum atomic E-state index is 0.808. The topological polar surface area (TPSA) is 50.1 Å². The van der Waals surface area contributed by atoms with E-state index >= 15 is 0 Å². The summed E-state index contributed by atoms with van der Waals surface area (Å²) in [5, 5.41) is 5.41. The molecule has 0 saturated carbocycles. The van der Waals surface area contributed by atoms with E-state index in [1.165, 1.54) is 5.56 Å². The quantitative estimate of drug-likeness (QED) is 0.691. The molecule has 6 nitrogen and oxygen atoms in total. The summed E-state index contributed by atoms with van der Waals surface area (Å²) in [6, 6.07) is 10.6. The monoisotopic (exact) mass is 386 g/mol. The highest BCUT2D eigenvalue weighted by atomic mass is 79.9. The van der Waals surface area contributed by atoms with Gasteiger partial charge in [-0.15, -0.1) is 0 Å². The van der Waals surface area contributed by atoms with Crippen LogP contribution in [0, 0.1) is 0 Å². The van der Waals surface area contributed by atoms with Crippen molar-refractivity contribution >= 4 is 32.8 Å². The van der Waals surface area contributed by atoms with Gasteiger partial charge in [0.2, 0.25) is 0 Å². The molecule has 1 aliphatic heterocycles. The van der Waals surface area contributed by atoms with Gasteiger partial charge in [-0.3, -0.25) is 4.90 Å². The highest BCUT2D eigenvalue weighted by molar-refractivity contribution is 9.10. The smallest absolute Gasteiger partial charge is 0.164 e. The lowest BCUT2D eigenvalue weighted by molar-refractivity contribution is 0.249. The van der Waals surface area contributed by atoms with Crippen LogP contribution < -0.4 is 4.90 Å². The SMILES string of the molecule is Cn1nc(Br)c2c(N3CCN(Cc4ccccc4)CC3)ncnc21. The molecular formula is C17H19BrN6. The third kappa shape index (κ3) is 2.89. The number of piperazine rings is 1. The molecule has 0 bridgehead atoms. The maximum Gasteiger partial charge on any atom is 0.164 e. The van der Waals surface area contributed by atoms with Crippen LogP contribution in [0.5, 0.6) is 0 Å². The molecular weight excluding hydrogens is 368 g/mol. The lowest BCUT2D eigenvalue weighted by Gasteiger charge is -2.35. The first kappa shape index (κ1) is 15.5. The van der Waals surface area contributed by atoms with Crippen LogP contribution >= 0.6 is 15.9 Å². The standard InChI is InChI=1S/C17H19BrN6/c1-22-16-14(15(18)21-22)17(20-12-19-16)24-9-7-23(8-10-24)11-13-5-3-2-4-6-13/h2-6,12H,7-11H2,1H3. The molecule has 3 aromatic rings. The maximum atomic E-state index is 4.53. The van der Waals surface area contributed by atoms with Crippen molar-refractivity contribution in [2.45, 2.75) is 6.54 Å². The average Bonchev–Trinajstić information content (AvgIpc) is 2.91. The predicted octanol–water partition coefficient (Wildman–Crippen LogP) is 2.45. The Morgan fingerprint density at radius 3 is 2.54 bits per heavy atom. The van der Waals surface area contributed by atoms with Gasteiger partial charge in [-0.25, -0.2) is 14.6 Å². The molecule has 1 aromatic carbocycles. The van der Waals surface area contributed by atoms with E-state index in [1.807, 2.05) is 7.05 Å².